The maximum Gasteiger partial charge on any atom is 0.387 e. The number of oxime groups is 1. The van der Waals surface area contributed by atoms with E-state index in [4.69, 9.17) is 14.3 Å². The quantitative estimate of drug-likeness (QED) is 0.376. The first-order valence-electron chi connectivity index (χ1n) is 7.10. The van der Waals surface area contributed by atoms with Crippen molar-refractivity contribution in [3.63, 3.8) is 0 Å². The predicted octanol–water partition coefficient (Wildman–Crippen LogP) is 1.80. The maximum absolute atomic E-state index is 12.2. The normalized spacial score (nSPS) is 10.9. The summed E-state index contributed by atoms with van der Waals surface area (Å²) in [6.07, 6.45) is 2.03. The lowest BCUT2D eigenvalue weighted by atomic mass is 10.2. The molecule has 134 valence electrons. The van der Waals surface area contributed by atoms with Gasteiger partial charge in [-0.2, -0.15) is 8.78 Å². The van der Waals surface area contributed by atoms with E-state index in [9.17, 15) is 13.6 Å². The lowest BCUT2D eigenvalue weighted by Crippen LogP contribution is -2.28. The Balaban J connectivity index is 2.42. The third-order valence-corrected chi connectivity index (χ3v) is 2.72. The smallest absolute Gasteiger partial charge is 0.387 e. The van der Waals surface area contributed by atoms with Gasteiger partial charge in [-0.25, -0.2) is 0 Å². The van der Waals surface area contributed by atoms with Crippen LogP contribution in [0.15, 0.2) is 23.4 Å². The molecule has 0 heterocycles. The molecule has 0 saturated heterocycles. The Morgan fingerprint density at radius 1 is 1.33 bits per heavy atom. The van der Waals surface area contributed by atoms with Crippen LogP contribution < -0.4 is 14.8 Å². The SMILES string of the molecule is COCCCNC(=O)CO/N=C/c1ccc(OC(F)F)c(OC)c1. The van der Waals surface area contributed by atoms with Crippen LogP contribution in [0.2, 0.25) is 0 Å². The van der Waals surface area contributed by atoms with Gasteiger partial charge in [-0.1, -0.05) is 5.16 Å². The molecule has 0 aliphatic carbocycles. The first-order valence-corrected chi connectivity index (χ1v) is 7.10. The number of nitrogens with zero attached hydrogens (tertiary/aromatic N) is 1. The summed E-state index contributed by atoms with van der Waals surface area (Å²) in [5, 5.41) is 6.27. The van der Waals surface area contributed by atoms with Crippen molar-refractivity contribution in [2.45, 2.75) is 13.0 Å². The number of ether oxygens (including phenoxy) is 3. The lowest BCUT2D eigenvalue weighted by molar-refractivity contribution is -0.125. The Morgan fingerprint density at radius 3 is 2.79 bits per heavy atom. The molecule has 0 radical (unpaired) electrons. The summed E-state index contributed by atoms with van der Waals surface area (Å²) in [5.41, 5.74) is 0.536. The van der Waals surface area contributed by atoms with Gasteiger partial charge in [0.1, 0.15) is 0 Å². The van der Waals surface area contributed by atoms with Crippen LogP contribution in [-0.2, 0) is 14.4 Å². The fourth-order valence-corrected chi connectivity index (χ4v) is 1.65. The van der Waals surface area contributed by atoms with Crippen molar-refractivity contribution in [3.05, 3.63) is 23.8 Å². The van der Waals surface area contributed by atoms with Crippen molar-refractivity contribution >= 4 is 12.1 Å². The van der Waals surface area contributed by atoms with Crippen molar-refractivity contribution < 1.29 is 32.6 Å². The zero-order valence-corrected chi connectivity index (χ0v) is 13.5. The average Bonchev–Trinajstić information content (AvgIpc) is 2.56. The molecule has 1 rings (SSSR count). The summed E-state index contributed by atoms with van der Waals surface area (Å²) >= 11 is 0. The van der Waals surface area contributed by atoms with E-state index >= 15 is 0 Å². The van der Waals surface area contributed by atoms with Crippen LogP contribution in [0.3, 0.4) is 0 Å². The zero-order valence-electron chi connectivity index (χ0n) is 13.5. The molecule has 0 fully saturated rings. The summed E-state index contributed by atoms with van der Waals surface area (Å²) in [7, 11) is 2.92. The van der Waals surface area contributed by atoms with Gasteiger partial charge in [-0.15, -0.1) is 0 Å². The van der Waals surface area contributed by atoms with E-state index in [-0.39, 0.29) is 24.0 Å². The zero-order chi connectivity index (χ0) is 17.8. The van der Waals surface area contributed by atoms with Crippen molar-refractivity contribution in [3.8, 4) is 11.5 Å². The molecule has 1 aromatic rings. The largest absolute Gasteiger partial charge is 0.493 e. The Bertz CT molecular complexity index is 541. The molecule has 7 nitrogen and oxygen atoms in total. The number of hydrogen-bond acceptors (Lipinski definition) is 6. The van der Waals surface area contributed by atoms with Crippen molar-refractivity contribution in [2.75, 3.05) is 34.0 Å². The number of carbonyl (C=O) groups is 1. The molecule has 0 aromatic heterocycles. The number of amides is 1. The predicted molar refractivity (Wildman–Crippen MR) is 82.7 cm³/mol. The first-order chi connectivity index (χ1) is 11.6. The highest BCUT2D eigenvalue weighted by atomic mass is 19.3. The van der Waals surface area contributed by atoms with Crippen LogP contribution in [0.4, 0.5) is 8.78 Å². The number of rotatable bonds is 11. The van der Waals surface area contributed by atoms with Gasteiger partial charge in [-0.05, 0) is 24.6 Å². The minimum atomic E-state index is -2.94. The second-order valence-corrected chi connectivity index (χ2v) is 4.49. The fourth-order valence-electron chi connectivity index (χ4n) is 1.65. The molecule has 0 atom stereocenters. The minimum Gasteiger partial charge on any atom is -0.493 e. The van der Waals surface area contributed by atoms with E-state index < -0.39 is 6.61 Å². The third kappa shape index (κ3) is 7.73. The van der Waals surface area contributed by atoms with E-state index in [0.717, 1.165) is 0 Å². The fraction of sp³-hybridized carbons (Fsp3) is 0.467. The molecule has 9 heteroatoms. The van der Waals surface area contributed by atoms with Gasteiger partial charge < -0.3 is 24.4 Å². The Morgan fingerprint density at radius 2 is 2.12 bits per heavy atom. The molecule has 0 spiro atoms. The van der Waals surface area contributed by atoms with Crippen molar-refractivity contribution in [1.82, 2.24) is 5.32 Å². The molecule has 0 aliphatic heterocycles. The number of hydrogen-bond donors (Lipinski definition) is 1. The Hall–Kier alpha value is -2.42. The van der Waals surface area contributed by atoms with Gasteiger partial charge >= 0.3 is 6.61 Å². The number of alkyl halides is 2. The molecule has 1 amide bonds. The molecule has 0 bridgehead atoms. The maximum atomic E-state index is 12.2. The second-order valence-electron chi connectivity index (χ2n) is 4.49. The minimum absolute atomic E-state index is 0.0824. The van der Waals surface area contributed by atoms with Crippen LogP contribution in [0, 0.1) is 0 Å². The molecule has 24 heavy (non-hydrogen) atoms. The second kappa shape index (κ2) is 11.2. The monoisotopic (exact) mass is 346 g/mol. The summed E-state index contributed by atoms with van der Waals surface area (Å²) in [4.78, 5) is 16.3. The average molecular weight is 346 g/mol. The van der Waals surface area contributed by atoms with Crippen LogP contribution in [0.25, 0.3) is 0 Å². The van der Waals surface area contributed by atoms with Gasteiger partial charge in [-0.3, -0.25) is 4.79 Å². The standard InChI is InChI=1S/C15H20F2N2O5/c1-21-7-3-6-18-14(20)10-23-19-9-11-4-5-12(24-15(16)17)13(8-11)22-2/h4-5,8-9,15H,3,6-7,10H2,1-2H3,(H,18,20)/b19-9+. The number of carbonyl (C=O) groups excluding carboxylic acids is 1. The Kier molecular flexibility index (Phi) is 9.13. The van der Waals surface area contributed by atoms with Crippen molar-refractivity contribution in [2.24, 2.45) is 5.16 Å². The van der Waals surface area contributed by atoms with E-state index in [1.54, 1.807) is 7.11 Å². The van der Waals surface area contributed by atoms with Gasteiger partial charge in [0.25, 0.3) is 5.91 Å². The van der Waals surface area contributed by atoms with E-state index in [1.807, 2.05) is 0 Å². The molecule has 0 aliphatic rings. The summed E-state index contributed by atoms with van der Waals surface area (Å²) in [6, 6.07) is 4.28. The third-order valence-electron chi connectivity index (χ3n) is 2.72. The molecule has 1 N–H and O–H groups in total. The summed E-state index contributed by atoms with van der Waals surface area (Å²) < 4.78 is 38.6. The van der Waals surface area contributed by atoms with Crippen molar-refractivity contribution in [1.29, 1.82) is 0 Å². The van der Waals surface area contributed by atoms with Gasteiger partial charge in [0, 0.05) is 25.8 Å². The van der Waals surface area contributed by atoms with Crippen LogP contribution in [0.5, 0.6) is 11.5 Å². The number of methoxy groups -OCH3 is 2. The highest BCUT2D eigenvalue weighted by molar-refractivity contribution is 5.81. The molecule has 1 aromatic carbocycles. The van der Waals surface area contributed by atoms with Crippen LogP contribution in [0.1, 0.15) is 12.0 Å². The highest BCUT2D eigenvalue weighted by Crippen LogP contribution is 2.28. The lowest BCUT2D eigenvalue weighted by Gasteiger charge is -2.09. The molecule has 0 saturated carbocycles. The van der Waals surface area contributed by atoms with E-state index in [0.29, 0.717) is 25.1 Å². The summed E-state index contributed by atoms with van der Waals surface area (Å²) in [5.74, 6) is -0.252. The number of halogens is 2. The first kappa shape index (κ1) is 19.6. The topological polar surface area (TPSA) is 78.4 Å². The molecular weight excluding hydrogens is 326 g/mol. The van der Waals surface area contributed by atoms with E-state index in [1.165, 1.54) is 31.5 Å². The van der Waals surface area contributed by atoms with Crippen LogP contribution in [-0.4, -0.2) is 52.7 Å². The summed E-state index contributed by atoms with van der Waals surface area (Å²) in [6.45, 7) is -2.12. The number of nitrogens with one attached hydrogen (secondary N) is 1. The highest BCUT2D eigenvalue weighted by Gasteiger charge is 2.10. The number of benzene rings is 1. The van der Waals surface area contributed by atoms with Gasteiger partial charge in [0.15, 0.2) is 18.1 Å². The molecule has 0 unspecified atom stereocenters. The Labute approximate surface area is 138 Å². The van der Waals surface area contributed by atoms with Gasteiger partial charge in [0.2, 0.25) is 0 Å². The molecular formula is C15H20F2N2O5. The van der Waals surface area contributed by atoms with Gasteiger partial charge in [0.05, 0.1) is 13.3 Å². The van der Waals surface area contributed by atoms with Crippen LogP contribution >= 0.6 is 0 Å². The van der Waals surface area contributed by atoms with E-state index in [2.05, 4.69) is 15.2 Å².